The average Bonchev–Trinajstić information content (AvgIpc) is 3.50. The van der Waals surface area contributed by atoms with Gasteiger partial charge < -0.3 is 10.4 Å². The zero-order valence-corrected chi connectivity index (χ0v) is 21.2. The molecule has 3 heterocycles. The van der Waals surface area contributed by atoms with Gasteiger partial charge >= 0.3 is 0 Å². The van der Waals surface area contributed by atoms with Gasteiger partial charge in [0.05, 0.1) is 22.3 Å². The number of benzene rings is 1. The van der Waals surface area contributed by atoms with Crippen LogP contribution in [-0.2, 0) is 21.4 Å². The minimum absolute atomic E-state index is 0.0306. The molecule has 3 atom stereocenters. The number of sulfonamides is 1. The summed E-state index contributed by atoms with van der Waals surface area (Å²) < 4.78 is 29.5. The zero-order valence-electron chi connectivity index (χ0n) is 18.8. The van der Waals surface area contributed by atoms with E-state index in [1.807, 2.05) is 29.7 Å². The molecule has 2 fully saturated rings. The van der Waals surface area contributed by atoms with Crippen molar-refractivity contribution in [3.8, 4) is 5.75 Å². The minimum atomic E-state index is -3.71. The van der Waals surface area contributed by atoms with Gasteiger partial charge in [-0.3, -0.25) is 14.1 Å². The molecule has 1 aliphatic heterocycles. The topological polar surface area (TPSA) is 116 Å². The number of anilines is 1. The van der Waals surface area contributed by atoms with E-state index >= 15 is 0 Å². The number of halogens is 1. The van der Waals surface area contributed by atoms with Crippen LogP contribution in [0.5, 0.6) is 5.75 Å². The fourth-order valence-corrected chi connectivity index (χ4v) is 6.53. The van der Waals surface area contributed by atoms with Crippen molar-refractivity contribution in [2.45, 2.75) is 49.7 Å². The molecule has 3 N–H and O–H groups in total. The van der Waals surface area contributed by atoms with Gasteiger partial charge in [-0.1, -0.05) is 6.07 Å². The van der Waals surface area contributed by atoms with Gasteiger partial charge in [0, 0.05) is 18.8 Å². The third-order valence-electron chi connectivity index (χ3n) is 6.98. The van der Waals surface area contributed by atoms with E-state index in [9.17, 15) is 18.3 Å². The number of rotatable bonds is 6. The third-order valence-corrected chi connectivity index (χ3v) is 9.23. The first-order chi connectivity index (χ1) is 16.2. The van der Waals surface area contributed by atoms with Gasteiger partial charge in [-0.05, 0) is 84.9 Å². The van der Waals surface area contributed by atoms with Gasteiger partial charge in [-0.25, -0.2) is 18.1 Å². The number of hydrogen-bond donors (Lipinski definition) is 3. The Morgan fingerprint density at radius 1 is 1.29 bits per heavy atom. The number of nitrogens with one attached hydrogen (secondary N) is 2. The molecule has 2 bridgehead atoms. The summed E-state index contributed by atoms with van der Waals surface area (Å²) in [6.45, 7) is 2.53. The Balaban J connectivity index is 1.42. The number of hydrogen-bond acceptors (Lipinski definition) is 6. The van der Waals surface area contributed by atoms with Gasteiger partial charge in [0.2, 0.25) is 15.9 Å². The Morgan fingerprint density at radius 3 is 2.82 bits per heavy atom. The summed E-state index contributed by atoms with van der Waals surface area (Å²) in [5.74, 6) is -0.233. The van der Waals surface area contributed by atoms with Crippen LogP contribution < -0.4 is 10.0 Å². The van der Waals surface area contributed by atoms with Crippen molar-refractivity contribution in [3.63, 3.8) is 0 Å². The molecule has 1 aliphatic carbocycles. The number of imidazole rings is 1. The van der Waals surface area contributed by atoms with Crippen LogP contribution in [0.2, 0.25) is 0 Å². The second kappa shape index (κ2) is 8.63. The molecule has 2 aromatic heterocycles. The van der Waals surface area contributed by atoms with Crippen LogP contribution in [0.4, 0.5) is 5.69 Å². The molecule has 9 nitrogen and oxygen atoms in total. The highest BCUT2D eigenvalue weighted by atomic mass is 79.9. The Kier molecular flexibility index (Phi) is 5.91. The molecule has 3 aromatic rings. The summed E-state index contributed by atoms with van der Waals surface area (Å²) in [5, 5.41) is 13.1. The van der Waals surface area contributed by atoms with E-state index in [1.54, 1.807) is 0 Å². The van der Waals surface area contributed by atoms with E-state index in [0.717, 1.165) is 40.8 Å². The molecule has 1 amide bonds. The second-order valence-corrected chi connectivity index (χ2v) is 11.6. The maximum Gasteiger partial charge on any atom is 0.242 e. The number of aromatic nitrogens is 2. The van der Waals surface area contributed by atoms with Crippen molar-refractivity contribution < 1.29 is 18.3 Å². The van der Waals surface area contributed by atoms with Crippen molar-refractivity contribution in [1.29, 1.82) is 0 Å². The molecule has 180 valence electrons. The van der Waals surface area contributed by atoms with Crippen LogP contribution in [0.3, 0.4) is 0 Å². The van der Waals surface area contributed by atoms with Crippen molar-refractivity contribution in [1.82, 2.24) is 19.0 Å². The number of carbonyl (C=O) groups is 1. The van der Waals surface area contributed by atoms with Crippen LogP contribution in [0, 0.1) is 12.8 Å². The van der Waals surface area contributed by atoms with Crippen molar-refractivity contribution in [2.75, 3.05) is 12.4 Å². The summed E-state index contributed by atoms with van der Waals surface area (Å²) >= 11 is 3.68. The van der Waals surface area contributed by atoms with E-state index in [-0.39, 0.29) is 40.2 Å². The number of amides is 1. The third kappa shape index (κ3) is 3.90. The number of phenols is 1. The Hall–Kier alpha value is -2.47. The molecule has 0 unspecified atom stereocenters. The summed E-state index contributed by atoms with van der Waals surface area (Å²) in [6.07, 6.45) is 4.88. The number of pyridine rings is 1. The lowest BCUT2D eigenvalue weighted by molar-refractivity contribution is -0.123. The molecule has 5 rings (SSSR count). The fourth-order valence-electron chi connectivity index (χ4n) is 5.27. The highest BCUT2D eigenvalue weighted by Crippen LogP contribution is 2.44. The summed E-state index contributed by atoms with van der Waals surface area (Å²) in [4.78, 5) is 20.4. The summed E-state index contributed by atoms with van der Waals surface area (Å²) in [6, 6.07) is 7.72. The molecule has 0 spiro atoms. The van der Waals surface area contributed by atoms with Crippen LogP contribution >= 0.6 is 15.9 Å². The Bertz CT molecular complexity index is 1390. The first-order valence-corrected chi connectivity index (χ1v) is 13.4. The average molecular weight is 548 g/mol. The smallest absolute Gasteiger partial charge is 0.242 e. The van der Waals surface area contributed by atoms with E-state index in [2.05, 4.69) is 30.9 Å². The van der Waals surface area contributed by atoms with Gasteiger partial charge in [0.15, 0.2) is 0 Å². The van der Waals surface area contributed by atoms with Gasteiger partial charge in [0.25, 0.3) is 0 Å². The Labute approximate surface area is 206 Å². The maximum atomic E-state index is 13.4. The quantitative estimate of drug-likeness (QED) is 0.408. The molecule has 11 heteroatoms. The molecular weight excluding hydrogens is 522 g/mol. The van der Waals surface area contributed by atoms with Gasteiger partial charge in [0.1, 0.15) is 16.0 Å². The number of aryl methyl sites for hydroxylation is 1. The second-order valence-electron chi connectivity index (χ2n) is 8.95. The lowest BCUT2D eigenvalue weighted by Crippen LogP contribution is -2.47. The lowest BCUT2D eigenvalue weighted by atomic mass is 9.97. The largest absolute Gasteiger partial charge is 0.506 e. The van der Waals surface area contributed by atoms with Gasteiger partial charge in [-0.2, -0.15) is 0 Å². The first kappa shape index (κ1) is 23.3. The van der Waals surface area contributed by atoms with E-state index in [0.29, 0.717) is 6.54 Å². The summed E-state index contributed by atoms with van der Waals surface area (Å²) in [5.41, 5.74) is 2.89. The number of carbonyl (C=O) groups excluding carboxylic acids is 1. The number of piperidine rings is 1. The maximum absolute atomic E-state index is 13.4. The lowest BCUT2D eigenvalue weighted by Gasteiger charge is -2.34. The first-order valence-electron chi connectivity index (χ1n) is 11.1. The number of fused-ring (bicyclic) bond motifs is 3. The van der Waals surface area contributed by atoms with Crippen molar-refractivity contribution >= 4 is 43.2 Å². The predicted octanol–water partition coefficient (Wildman–Crippen LogP) is 3.01. The fraction of sp³-hybridized carbons (Fsp3) is 0.391. The van der Waals surface area contributed by atoms with E-state index in [4.69, 9.17) is 4.98 Å². The van der Waals surface area contributed by atoms with Gasteiger partial charge in [-0.15, -0.1) is 0 Å². The monoisotopic (exact) mass is 547 g/mol. The number of nitrogens with zero attached hydrogens (tertiary/aromatic N) is 3. The molecule has 2 aliphatic rings. The van der Waals surface area contributed by atoms with E-state index < -0.39 is 10.0 Å². The molecule has 0 radical (unpaired) electrons. The summed E-state index contributed by atoms with van der Waals surface area (Å²) in [7, 11) is -2.40. The van der Waals surface area contributed by atoms with Crippen LogP contribution in [0.1, 0.15) is 30.5 Å². The van der Waals surface area contributed by atoms with Crippen molar-refractivity contribution in [2.24, 2.45) is 5.92 Å². The molecule has 34 heavy (non-hydrogen) atoms. The minimum Gasteiger partial charge on any atom is -0.506 e. The molecular formula is C23H26BrN5O4S. The van der Waals surface area contributed by atoms with Crippen LogP contribution in [-0.4, -0.2) is 52.8 Å². The zero-order chi connectivity index (χ0) is 24.2. The Morgan fingerprint density at radius 2 is 2.09 bits per heavy atom. The number of phenolic OH excluding ortho intramolecular Hbond substituents is 1. The SMILES string of the molecule is CNS(=O)(=O)c1ccc(O)c(NC(=O)[C@@H]2[C@H]3CC[C@H](C3)N2Cc2nc3c(C)cccn3c2Br)c1. The molecule has 1 aromatic carbocycles. The number of aromatic hydroxyl groups is 1. The normalized spacial score (nSPS) is 22.5. The highest BCUT2D eigenvalue weighted by Gasteiger charge is 2.49. The van der Waals surface area contributed by atoms with E-state index in [1.165, 1.54) is 25.2 Å². The number of likely N-dealkylation sites (tertiary alicyclic amines) is 1. The molecule has 1 saturated carbocycles. The van der Waals surface area contributed by atoms with Crippen LogP contribution in [0.25, 0.3) is 5.65 Å². The highest BCUT2D eigenvalue weighted by molar-refractivity contribution is 9.10. The van der Waals surface area contributed by atoms with Crippen LogP contribution in [0.15, 0.2) is 46.0 Å². The predicted molar refractivity (Wildman–Crippen MR) is 131 cm³/mol. The van der Waals surface area contributed by atoms with Crippen molar-refractivity contribution in [3.05, 3.63) is 52.4 Å². The standard InChI is InChI=1S/C23H26BrN5O4S/c1-13-4-3-9-28-21(24)18(26-22(13)28)12-29-15-6-5-14(10-15)20(29)23(31)27-17-11-16(7-8-19(17)30)34(32,33)25-2/h3-4,7-9,11,14-15,20,25,30H,5-6,10,12H2,1-2H3,(H,27,31)/t14-,15+,20-/m0/s1. The molecule has 1 saturated heterocycles.